The number of rotatable bonds is 2. The van der Waals surface area contributed by atoms with Crippen molar-refractivity contribution in [3.05, 3.63) is 64.6 Å². The third-order valence-corrected chi connectivity index (χ3v) is 4.49. The summed E-state index contributed by atoms with van der Waals surface area (Å²) < 4.78 is 0. The first-order chi connectivity index (χ1) is 13.2. The Labute approximate surface area is 159 Å². The molecular formula is C22H19N5. The van der Waals surface area contributed by atoms with Gasteiger partial charge in [0.2, 0.25) is 0 Å². The number of hydrogen-bond acceptors (Lipinski definition) is 5. The van der Waals surface area contributed by atoms with Crippen molar-refractivity contribution in [2.45, 2.75) is 26.2 Å². The minimum absolute atomic E-state index is 0.531. The van der Waals surface area contributed by atoms with Crippen LogP contribution in [-0.4, -0.2) is 23.1 Å². The molecule has 3 rings (SSSR count). The minimum Gasteiger partial charge on any atom is -0.355 e. The zero-order valence-electron chi connectivity index (χ0n) is 15.2. The molecule has 3 heterocycles. The van der Waals surface area contributed by atoms with E-state index >= 15 is 0 Å². The van der Waals surface area contributed by atoms with E-state index in [1.165, 1.54) is 11.8 Å². The molecule has 1 aliphatic rings. The quantitative estimate of drug-likeness (QED) is 0.774. The Morgan fingerprint density at radius 1 is 1.11 bits per heavy atom. The lowest BCUT2D eigenvalue weighted by Crippen LogP contribution is -2.32. The van der Waals surface area contributed by atoms with Crippen LogP contribution in [-0.2, 0) is 6.42 Å². The lowest BCUT2D eigenvalue weighted by molar-refractivity contribution is 0.675. The van der Waals surface area contributed by atoms with E-state index in [2.05, 4.69) is 39.7 Å². The van der Waals surface area contributed by atoms with Gasteiger partial charge in [-0.05, 0) is 55.5 Å². The maximum absolute atomic E-state index is 9.35. The molecule has 1 fully saturated rings. The van der Waals surface area contributed by atoms with Crippen LogP contribution in [0.15, 0.2) is 42.1 Å². The van der Waals surface area contributed by atoms with E-state index < -0.39 is 0 Å². The zero-order chi connectivity index (χ0) is 19.1. The normalized spacial score (nSPS) is 13.1. The summed E-state index contributed by atoms with van der Waals surface area (Å²) >= 11 is 0. The second-order valence-corrected chi connectivity index (χ2v) is 6.24. The first kappa shape index (κ1) is 18.2. The predicted octanol–water partition coefficient (Wildman–Crippen LogP) is 3.36. The predicted molar refractivity (Wildman–Crippen MR) is 104 cm³/mol. The summed E-state index contributed by atoms with van der Waals surface area (Å²) in [4.78, 5) is 11.0. The second kappa shape index (κ2) is 8.65. The Hall–Kier alpha value is -3.62. The topological polar surface area (TPSA) is 76.6 Å². The Morgan fingerprint density at radius 2 is 1.93 bits per heavy atom. The van der Waals surface area contributed by atoms with Gasteiger partial charge in [0.05, 0.1) is 11.1 Å². The molecule has 0 radical (unpaired) electrons. The van der Waals surface area contributed by atoms with Crippen LogP contribution in [0, 0.1) is 34.5 Å². The number of nitrogens with zero attached hydrogens (tertiary/aromatic N) is 5. The molecule has 5 nitrogen and oxygen atoms in total. The second-order valence-electron chi connectivity index (χ2n) is 6.24. The molecule has 0 aromatic carbocycles. The highest BCUT2D eigenvalue weighted by molar-refractivity contribution is 5.55. The van der Waals surface area contributed by atoms with Crippen LogP contribution < -0.4 is 4.90 Å². The molecule has 1 saturated heterocycles. The highest BCUT2D eigenvalue weighted by Gasteiger charge is 2.18. The fourth-order valence-electron chi connectivity index (χ4n) is 2.91. The molecule has 0 bridgehead atoms. The standard InChI is InChI=1S/C22H19N5/c1-2-20-9-7-19(15-24)22(26-20)27-12-10-17(11-13-27)4-3-5-21-8-6-18(14-23)16-25-21/h4,6-9,16H,2,10-13H2,1H3. The molecule has 132 valence electrons. The van der Waals surface area contributed by atoms with Gasteiger partial charge in [-0.1, -0.05) is 18.4 Å². The molecule has 0 spiro atoms. The molecule has 0 aliphatic carbocycles. The summed E-state index contributed by atoms with van der Waals surface area (Å²) in [5.74, 6) is 6.86. The Balaban J connectivity index is 1.66. The highest BCUT2D eigenvalue weighted by Crippen LogP contribution is 2.24. The van der Waals surface area contributed by atoms with E-state index in [4.69, 9.17) is 5.26 Å². The molecule has 5 heteroatoms. The minimum atomic E-state index is 0.531. The number of allylic oxidation sites excluding steroid dienone is 1. The smallest absolute Gasteiger partial charge is 0.146 e. The third kappa shape index (κ3) is 4.51. The van der Waals surface area contributed by atoms with Crippen LogP contribution >= 0.6 is 0 Å². The fraction of sp³-hybridized carbons (Fsp3) is 0.273. The third-order valence-electron chi connectivity index (χ3n) is 4.49. The summed E-state index contributed by atoms with van der Waals surface area (Å²) in [5, 5.41) is 18.1. The van der Waals surface area contributed by atoms with E-state index in [1.54, 1.807) is 12.1 Å². The van der Waals surface area contributed by atoms with Crippen molar-refractivity contribution in [1.82, 2.24) is 9.97 Å². The number of hydrogen-bond donors (Lipinski definition) is 0. The summed E-state index contributed by atoms with van der Waals surface area (Å²) in [6, 6.07) is 11.5. The van der Waals surface area contributed by atoms with Crippen molar-refractivity contribution in [3.8, 4) is 24.0 Å². The number of pyridine rings is 2. The number of anilines is 1. The monoisotopic (exact) mass is 353 g/mol. The van der Waals surface area contributed by atoms with Gasteiger partial charge < -0.3 is 4.90 Å². The number of aryl methyl sites for hydroxylation is 1. The summed E-state index contributed by atoms with van der Waals surface area (Å²) in [7, 11) is 0. The van der Waals surface area contributed by atoms with Gasteiger partial charge in [-0.25, -0.2) is 9.97 Å². The molecule has 27 heavy (non-hydrogen) atoms. The van der Waals surface area contributed by atoms with Gasteiger partial charge in [0.25, 0.3) is 0 Å². The van der Waals surface area contributed by atoms with Crippen LogP contribution in [0.4, 0.5) is 5.82 Å². The lowest BCUT2D eigenvalue weighted by Gasteiger charge is -2.30. The first-order valence-corrected chi connectivity index (χ1v) is 8.94. The van der Waals surface area contributed by atoms with Gasteiger partial charge in [-0.2, -0.15) is 10.5 Å². The maximum Gasteiger partial charge on any atom is 0.146 e. The Bertz CT molecular complexity index is 984. The van der Waals surface area contributed by atoms with Crippen molar-refractivity contribution in [2.24, 2.45) is 0 Å². The molecular weight excluding hydrogens is 334 g/mol. The summed E-state index contributed by atoms with van der Waals surface area (Å²) in [6.45, 7) is 3.73. The summed E-state index contributed by atoms with van der Waals surface area (Å²) in [6.07, 6.45) is 6.14. The van der Waals surface area contributed by atoms with Crippen LogP contribution in [0.25, 0.3) is 0 Å². The van der Waals surface area contributed by atoms with E-state index in [0.717, 1.165) is 43.9 Å². The SMILES string of the molecule is CCc1ccc(C#N)c(N2CCC(=CC#Cc3ccc(C#N)cn3)CC2)n1. The Morgan fingerprint density at radius 3 is 2.56 bits per heavy atom. The van der Waals surface area contributed by atoms with Crippen molar-refractivity contribution in [3.63, 3.8) is 0 Å². The van der Waals surface area contributed by atoms with Gasteiger partial charge in [0.15, 0.2) is 0 Å². The van der Waals surface area contributed by atoms with Crippen LogP contribution in [0.5, 0.6) is 0 Å². The first-order valence-electron chi connectivity index (χ1n) is 8.94. The van der Waals surface area contributed by atoms with Crippen LogP contribution in [0.2, 0.25) is 0 Å². The van der Waals surface area contributed by atoms with E-state index in [0.29, 0.717) is 16.8 Å². The molecule has 0 unspecified atom stereocenters. The fourth-order valence-corrected chi connectivity index (χ4v) is 2.91. The van der Waals surface area contributed by atoms with Gasteiger partial charge in [-0.15, -0.1) is 0 Å². The average Bonchev–Trinajstić information content (AvgIpc) is 2.74. The van der Waals surface area contributed by atoms with E-state index in [9.17, 15) is 5.26 Å². The zero-order valence-corrected chi connectivity index (χ0v) is 15.2. The molecule has 0 N–H and O–H groups in total. The van der Waals surface area contributed by atoms with E-state index in [-0.39, 0.29) is 0 Å². The molecule has 0 atom stereocenters. The van der Waals surface area contributed by atoms with Crippen molar-refractivity contribution in [2.75, 3.05) is 18.0 Å². The largest absolute Gasteiger partial charge is 0.355 e. The number of aromatic nitrogens is 2. The van der Waals surface area contributed by atoms with Crippen LogP contribution in [0.1, 0.15) is 42.3 Å². The lowest BCUT2D eigenvalue weighted by atomic mass is 10.0. The van der Waals surface area contributed by atoms with E-state index in [1.807, 2.05) is 24.3 Å². The van der Waals surface area contributed by atoms with Gasteiger partial charge >= 0.3 is 0 Å². The van der Waals surface area contributed by atoms with Gasteiger partial charge in [0, 0.05) is 25.0 Å². The molecule has 0 amide bonds. The van der Waals surface area contributed by atoms with Crippen molar-refractivity contribution in [1.29, 1.82) is 10.5 Å². The summed E-state index contributed by atoms with van der Waals surface area (Å²) in [5.41, 5.74) is 4.11. The number of piperidine rings is 1. The van der Waals surface area contributed by atoms with Crippen molar-refractivity contribution < 1.29 is 0 Å². The molecule has 1 aliphatic heterocycles. The number of nitriles is 2. The van der Waals surface area contributed by atoms with Crippen LogP contribution in [0.3, 0.4) is 0 Å². The molecule has 2 aromatic rings. The van der Waals surface area contributed by atoms with Crippen molar-refractivity contribution >= 4 is 5.82 Å². The van der Waals surface area contributed by atoms with Gasteiger partial charge in [-0.3, -0.25) is 0 Å². The highest BCUT2D eigenvalue weighted by atomic mass is 15.2. The van der Waals surface area contributed by atoms with Gasteiger partial charge in [0.1, 0.15) is 23.7 Å². The average molecular weight is 353 g/mol. The maximum atomic E-state index is 9.35. The Kier molecular flexibility index (Phi) is 5.83. The molecule has 2 aromatic heterocycles. The molecule has 0 saturated carbocycles.